The Hall–Kier alpha value is -1.30. The number of benzene rings is 2. The Morgan fingerprint density at radius 1 is 1.10 bits per heavy atom. The lowest BCUT2D eigenvalue weighted by Gasteiger charge is -2.10. The van der Waals surface area contributed by atoms with Crippen LogP contribution in [0.15, 0.2) is 46.9 Å². The van der Waals surface area contributed by atoms with Crippen molar-refractivity contribution in [2.75, 3.05) is 0 Å². The first-order valence-electron chi connectivity index (χ1n) is 5.87. The van der Waals surface area contributed by atoms with Crippen LogP contribution >= 0.6 is 27.3 Å². The van der Waals surface area contributed by atoms with Crippen molar-refractivity contribution in [3.63, 3.8) is 0 Å². The Labute approximate surface area is 126 Å². The number of halogens is 3. The molecule has 0 radical (unpaired) electrons. The number of fused-ring (bicyclic) bond motifs is 1. The zero-order valence-corrected chi connectivity index (χ0v) is 12.5. The van der Waals surface area contributed by atoms with E-state index in [1.54, 1.807) is 24.3 Å². The molecule has 1 aromatic heterocycles. The standard InChI is InChI=1S/C15H9BrF2OS/c16-11-3-1-2-10(14(11)18)15(19)13-6-8-4-5-9(17)7-12(8)20-13/h1-7,15,19H. The fraction of sp³-hybridized carbons (Fsp3) is 0.0667. The van der Waals surface area contributed by atoms with Gasteiger partial charge in [0.2, 0.25) is 0 Å². The van der Waals surface area contributed by atoms with E-state index in [0.29, 0.717) is 9.35 Å². The molecule has 20 heavy (non-hydrogen) atoms. The molecule has 0 spiro atoms. The first-order chi connectivity index (χ1) is 9.56. The molecule has 0 saturated carbocycles. The third kappa shape index (κ3) is 2.37. The van der Waals surface area contributed by atoms with Gasteiger partial charge in [-0.05, 0) is 45.6 Å². The van der Waals surface area contributed by atoms with Gasteiger partial charge in [-0.25, -0.2) is 8.78 Å². The minimum atomic E-state index is -1.06. The number of hydrogen-bond donors (Lipinski definition) is 1. The number of thiophene rings is 1. The Balaban J connectivity index is 2.08. The number of aliphatic hydroxyl groups excluding tert-OH is 1. The van der Waals surface area contributed by atoms with Crippen LogP contribution in [0.3, 0.4) is 0 Å². The summed E-state index contributed by atoms with van der Waals surface area (Å²) in [6, 6.07) is 11.0. The normalized spacial score (nSPS) is 12.8. The van der Waals surface area contributed by atoms with Crippen LogP contribution in [0.5, 0.6) is 0 Å². The summed E-state index contributed by atoms with van der Waals surface area (Å²) in [7, 11) is 0. The van der Waals surface area contributed by atoms with Crippen LogP contribution in [0.4, 0.5) is 8.78 Å². The molecular weight excluding hydrogens is 346 g/mol. The van der Waals surface area contributed by atoms with Crippen LogP contribution < -0.4 is 0 Å². The van der Waals surface area contributed by atoms with Gasteiger partial charge in [-0.15, -0.1) is 11.3 Å². The highest BCUT2D eigenvalue weighted by molar-refractivity contribution is 9.10. The van der Waals surface area contributed by atoms with E-state index >= 15 is 0 Å². The molecule has 1 N–H and O–H groups in total. The highest BCUT2D eigenvalue weighted by Gasteiger charge is 2.19. The Morgan fingerprint density at radius 2 is 1.90 bits per heavy atom. The zero-order valence-electron chi connectivity index (χ0n) is 10.1. The average molecular weight is 355 g/mol. The van der Waals surface area contributed by atoms with Gasteiger partial charge in [0.25, 0.3) is 0 Å². The van der Waals surface area contributed by atoms with Crippen molar-refractivity contribution in [1.82, 2.24) is 0 Å². The minimum absolute atomic E-state index is 0.200. The third-order valence-corrected chi connectivity index (χ3v) is 4.81. The van der Waals surface area contributed by atoms with Gasteiger partial charge in [-0.2, -0.15) is 0 Å². The quantitative estimate of drug-likeness (QED) is 0.684. The van der Waals surface area contributed by atoms with Gasteiger partial charge in [0.1, 0.15) is 17.7 Å². The summed E-state index contributed by atoms with van der Waals surface area (Å²) < 4.78 is 28.2. The van der Waals surface area contributed by atoms with Crippen molar-refractivity contribution in [3.8, 4) is 0 Å². The lowest BCUT2D eigenvalue weighted by molar-refractivity contribution is 0.218. The van der Waals surface area contributed by atoms with Crippen molar-refractivity contribution in [3.05, 3.63) is 69.0 Å². The third-order valence-electron chi connectivity index (χ3n) is 3.05. The maximum atomic E-state index is 14.0. The van der Waals surface area contributed by atoms with Gasteiger partial charge >= 0.3 is 0 Å². The number of hydrogen-bond acceptors (Lipinski definition) is 2. The minimum Gasteiger partial charge on any atom is -0.383 e. The second-order valence-corrected chi connectivity index (χ2v) is 6.35. The van der Waals surface area contributed by atoms with Crippen LogP contribution in [0, 0.1) is 11.6 Å². The van der Waals surface area contributed by atoms with E-state index in [0.717, 1.165) is 10.1 Å². The smallest absolute Gasteiger partial charge is 0.143 e. The van der Waals surface area contributed by atoms with Gasteiger partial charge < -0.3 is 5.11 Å². The molecule has 102 valence electrons. The summed E-state index contributed by atoms with van der Waals surface area (Å²) in [5.41, 5.74) is 0.200. The predicted octanol–water partition coefficient (Wildman–Crippen LogP) is 5.02. The summed E-state index contributed by atoms with van der Waals surface area (Å²) in [6.07, 6.45) is -1.06. The van der Waals surface area contributed by atoms with Crippen LogP contribution in [0.2, 0.25) is 0 Å². The van der Waals surface area contributed by atoms with Gasteiger partial charge in [0, 0.05) is 15.1 Å². The van der Waals surface area contributed by atoms with Gasteiger partial charge in [-0.3, -0.25) is 0 Å². The fourth-order valence-corrected chi connectivity index (χ4v) is 3.52. The van der Waals surface area contributed by atoms with Gasteiger partial charge in [-0.1, -0.05) is 18.2 Å². The van der Waals surface area contributed by atoms with E-state index in [1.165, 1.54) is 29.5 Å². The second-order valence-electron chi connectivity index (χ2n) is 4.38. The van der Waals surface area contributed by atoms with E-state index in [4.69, 9.17) is 0 Å². The second kappa shape index (κ2) is 5.24. The van der Waals surface area contributed by atoms with Gasteiger partial charge in [0.15, 0.2) is 0 Å². The highest BCUT2D eigenvalue weighted by Crippen LogP contribution is 2.35. The molecule has 0 fully saturated rings. The summed E-state index contributed by atoms with van der Waals surface area (Å²) in [5, 5.41) is 11.2. The molecule has 5 heteroatoms. The monoisotopic (exact) mass is 354 g/mol. The zero-order chi connectivity index (χ0) is 14.3. The molecule has 1 atom stereocenters. The van der Waals surface area contributed by atoms with Crippen molar-refractivity contribution in [2.45, 2.75) is 6.10 Å². The van der Waals surface area contributed by atoms with E-state index in [1.807, 2.05) is 0 Å². The predicted molar refractivity (Wildman–Crippen MR) is 79.9 cm³/mol. The molecule has 0 aliphatic rings. The van der Waals surface area contributed by atoms with E-state index in [9.17, 15) is 13.9 Å². The molecule has 2 aromatic carbocycles. The van der Waals surface area contributed by atoms with Crippen LogP contribution in [0.1, 0.15) is 16.5 Å². The van der Waals surface area contributed by atoms with Gasteiger partial charge in [0.05, 0.1) is 4.47 Å². The van der Waals surface area contributed by atoms with Crippen LogP contribution in [-0.4, -0.2) is 5.11 Å². The van der Waals surface area contributed by atoms with Crippen molar-refractivity contribution >= 4 is 37.4 Å². The maximum Gasteiger partial charge on any atom is 0.143 e. The molecule has 1 heterocycles. The molecule has 0 aliphatic heterocycles. The lowest BCUT2D eigenvalue weighted by atomic mass is 10.1. The van der Waals surface area contributed by atoms with E-state index in [2.05, 4.69) is 15.9 Å². The van der Waals surface area contributed by atoms with Crippen molar-refractivity contribution < 1.29 is 13.9 Å². The topological polar surface area (TPSA) is 20.2 Å². The van der Waals surface area contributed by atoms with E-state index in [-0.39, 0.29) is 11.4 Å². The fourth-order valence-electron chi connectivity index (χ4n) is 2.05. The van der Waals surface area contributed by atoms with E-state index < -0.39 is 11.9 Å². The molecule has 3 rings (SSSR count). The summed E-state index contributed by atoms with van der Waals surface area (Å²) in [6.45, 7) is 0. The van der Waals surface area contributed by atoms with Crippen LogP contribution in [-0.2, 0) is 0 Å². The summed E-state index contributed by atoms with van der Waals surface area (Å²) >= 11 is 4.36. The molecular formula is C15H9BrF2OS. The van der Waals surface area contributed by atoms with Crippen molar-refractivity contribution in [2.24, 2.45) is 0 Å². The number of rotatable bonds is 2. The lowest BCUT2D eigenvalue weighted by Crippen LogP contribution is -2.00. The highest BCUT2D eigenvalue weighted by atomic mass is 79.9. The Kier molecular flexibility index (Phi) is 3.58. The first kappa shape index (κ1) is 13.7. The van der Waals surface area contributed by atoms with Crippen LogP contribution in [0.25, 0.3) is 10.1 Å². The molecule has 0 saturated heterocycles. The first-order valence-corrected chi connectivity index (χ1v) is 7.48. The largest absolute Gasteiger partial charge is 0.383 e. The Bertz CT molecular complexity index is 785. The maximum absolute atomic E-state index is 14.0. The molecule has 1 unspecified atom stereocenters. The van der Waals surface area contributed by atoms with Crippen molar-refractivity contribution in [1.29, 1.82) is 0 Å². The molecule has 0 amide bonds. The molecule has 3 aromatic rings. The summed E-state index contributed by atoms with van der Waals surface area (Å²) in [5.74, 6) is -0.808. The molecule has 0 bridgehead atoms. The Morgan fingerprint density at radius 3 is 2.70 bits per heavy atom. The SMILES string of the molecule is OC(c1cc2ccc(F)cc2s1)c1cccc(Br)c1F. The molecule has 1 nitrogen and oxygen atoms in total. The average Bonchev–Trinajstić information content (AvgIpc) is 2.84. The number of aliphatic hydroxyl groups is 1. The molecule has 0 aliphatic carbocycles. The summed E-state index contributed by atoms with van der Waals surface area (Å²) in [4.78, 5) is 0.586.